The van der Waals surface area contributed by atoms with E-state index in [2.05, 4.69) is 10.3 Å². The molecule has 0 bridgehead atoms. The fourth-order valence-corrected chi connectivity index (χ4v) is 5.38. The van der Waals surface area contributed by atoms with Crippen LogP contribution in [-0.4, -0.2) is 34.1 Å². The topological polar surface area (TPSA) is 97.5 Å². The number of aliphatic hydroxyl groups is 1. The summed E-state index contributed by atoms with van der Waals surface area (Å²) in [6, 6.07) is 15.0. The van der Waals surface area contributed by atoms with Crippen LogP contribution in [0.15, 0.2) is 48.5 Å². The van der Waals surface area contributed by atoms with Gasteiger partial charge >= 0.3 is 0 Å². The van der Waals surface area contributed by atoms with Gasteiger partial charge < -0.3 is 20.9 Å². The van der Waals surface area contributed by atoms with Crippen LogP contribution >= 0.6 is 11.6 Å². The molecule has 0 amide bonds. The number of ether oxygens (including phenoxy) is 1. The summed E-state index contributed by atoms with van der Waals surface area (Å²) in [6.07, 6.45) is 0.966. The van der Waals surface area contributed by atoms with Crippen LogP contribution in [0.3, 0.4) is 0 Å². The van der Waals surface area contributed by atoms with Gasteiger partial charge in [-0.25, -0.2) is 4.98 Å². The molecule has 1 spiro atoms. The molecule has 4 N–H and O–H groups in total. The molecule has 1 aliphatic heterocycles. The molecular weight excluding hydrogens is 438 g/mol. The van der Waals surface area contributed by atoms with E-state index in [9.17, 15) is 9.90 Å². The fraction of sp³-hybridized carbons (Fsp3) is 0.385. The number of aliphatic hydroxyl groups excluding tert-OH is 1. The Kier molecular flexibility index (Phi) is 5.87. The first-order chi connectivity index (χ1) is 15.9. The molecule has 1 aliphatic carbocycles. The number of hydrogen-bond donors (Lipinski definition) is 3. The predicted molar refractivity (Wildman–Crippen MR) is 128 cm³/mol. The van der Waals surface area contributed by atoms with Crippen molar-refractivity contribution in [3.8, 4) is 5.75 Å². The van der Waals surface area contributed by atoms with Crippen LogP contribution in [0.1, 0.15) is 54.5 Å². The largest absolute Gasteiger partial charge is 0.484 e. The zero-order valence-corrected chi connectivity index (χ0v) is 19.3. The van der Waals surface area contributed by atoms with Crippen LogP contribution in [0.25, 0.3) is 10.9 Å². The summed E-state index contributed by atoms with van der Waals surface area (Å²) in [4.78, 5) is 16.4. The van der Waals surface area contributed by atoms with E-state index in [0.717, 1.165) is 27.6 Å². The maximum atomic E-state index is 12.0. The van der Waals surface area contributed by atoms with Gasteiger partial charge in [0.1, 0.15) is 28.4 Å². The van der Waals surface area contributed by atoms with Crippen molar-refractivity contribution in [1.29, 1.82) is 0 Å². The number of aromatic nitrogens is 1. The van der Waals surface area contributed by atoms with Crippen LogP contribution in [0.5, 0.6) is 5.75 Å². The average Bonchev–Trinajstić information content (AvgIpc) is 2.81. The fourth-order valence-electron chi connectivity index (χ4n) is 5.12. The van der Waals surface area contributed by atoms with Crippen molar-refractivity contribution in [3.05, 3.63) is 70.4 Å². The van der Waals surface area contributed by atoms with Gasteiger partial charge in [-0.05, 0) is 49.1 Å². The van der Waals surface area contributed by atoms with Gasteiger partial charge in [-0.3, -0.25) is 4.79 Å². The van der Waals surface area contributed by atoms with Gasteiger partial charge in [0.2, 0.25) is 0 Å². The Balaban J connectivity index is 1.54. The molecule has 3 aromatic rings. The number of Topliss-reactive ketones (excluding diaryl/α,β-unsaturated/α-hetero) is 1. The molecule has 2 aromatic carbocycles. The Bertz CT molecular complexity index is 1190. The molecular formula is C26H28ClN3O3. The summed E-state index contributed by atoms with van der Waals surface area (Å²) in [5.74, 6) is 0.922. The van der Waals surface area contributed by atoms with E-state index < -0.39 is 17.7 Å². The van der Waals surface area contributed by atoms with Crippen LogP contribution in [-0.2, 0) is 4.79 Å². The molecule has 1 fully saturated rings. The molecule has 0 saturated heterocycles. The third-order valence-corrected chi connectivity index (χ3v) is 7.25. The molecule has 6 nitrogen and oxygen atoms in total. The Morgan fingerprint density at radius 2 is 1.97 bits per heavy atom. The van der Waals surface area contributed by atoms with Gasteiger partial charge in [0.05, 0.1) is 11.6 Å². The number of benzene rings is 2. The number of carbonyl (C=O) groups is 1. The van der Waals surface area contributed by atoms with Crippen molar-refractivity contribution in [2.24, 2.45) is 5.73 Å². The Hall–Kier alpha value is -2.51. The van der Waals surface area contributed by atoms with E-state index >= 15 is 0 Å². The smallest absolute Gasteiger partial charge is 0.137 e. The highest BCUT2D eigenvalue weighted by Gasteiger charge is 2.51. The quantitative estimate of drug-likeness (QED) is 0.500. The van der Waals surface area contributed by atoms with Gasteiger partial charge in [-0.15, -0.1) is 0 Å². The lowest BCUT2D eigenvalue weighted by Crippen LogP contribution is -2.58. The minimum atomic E-state index is -0.834. The van der Waals surface area contributed by atoms with Gasteiger partial charge in [-0.2, -0.15) is 0 Å². The van der Waals surface area contributed by atoms with Crippen molar-refractivity contribution in [1.82, 2.24) is 10.3 Å². The SMILES string of the molecule is Cc1cc(Cl)nc2cc3c(cc12)OC1(CCC(=O)CC1)C(O)C3NCC(N)c1ccccc1. The summed E-state index contributed by atoms with van der Waals surface area (Å²) in [6.45, 7) is 2.46. The second kappa shape index (κ2) is 8.69. The summed E-state index contributed by atoms with van der Waals surface area (Å²) < 4.78 is 6.50. The summed E-state index contributed by atoms with van der Waals surface area (Å²) >= 11 is 6.22. The van der Waals surface area contributed by atoms with Gasteiger partial charge in [0.15, 0.2) is 0 Å². The van der Waals surface area contributed by atoms with Gasteiger partial charge in [0.25, 0.3) is 0 Å². The Morgan fingerprint density at radius 3 is 2.70 bits per heavy atom. The van der Waals surface area contributed by atoms with E-state index in [4.69, 9.17) is 22.1 Å². The van der Waals surface area contributed by atoms with Crippen molar-refractivity contribution in [3.63, 3.8) is 0 Å². The van der Waals surface area contributed by atoms with Crippen LogP contribution < -0.4 is 15.8 Å². The molecule has 0 radical (unpaired) electrons. The average molecular weight is 466 g/mol. The monoisotopic (exact) mass is 465 g/mol. The number of fused-ring (bicyclic) bond motifs is 2. The van der Waals surface area contributed by atoms with Crippen molar-refractivity contribution in [2.45, 2.75) is 56.4 Å². The highest BCUT2D eigenvalue weighted by molar-refractivity contribution is 6.29. The van der Waals surface area contributed by atoms with E-state index in [1.807, 2.05) is 55.5 Å². The van der Waals surface area contributed by atoms with Crippen LogP contribution in [0.2, 0.25) is 5.15 Å². The number of nitrogens with zero attached hydrogens (tertiary/aromatic N) is 1. The molecule has 2 aliphatic rings. The molecule has 33 heavy (non-hydrogen) atoms. The number of rotatable bonds is 4. The predicted octanol–water partition coefficient (Wildman–Crippen LogP) is 4.16. The summed E-state index contributed by atoms with van der Waals surface area (Å²) in [7, 11) is 0. The molecule has 3 unspecified atom stereocenters. The minimum Gasteiger partial charge on any atom is -0.484 e. The molecule has 2 heterocycles. The van der Waals surface area contributed by atoms with Crippen LogP contribution in [0.4, 0.5) is 0 Å². The van der Waals surface area contributed by atoms with Gasteiger partial charge in [0, 0.05) is 36.4 Å². The third-order valence-electron chi connectivity index (χ3n) is 7.06. The van der Waals surface area contributed by atoms with Crippen LogP contribution in [0, 0.1) is 6.92 Å². The maximum Gasteiger partial charge on any atom is 0.137 e. The normalized spacial score (nSPS) is 22.7. The summed E-state index contributed by atoms with van der Waals surface area (Å²) in [5, 5.41) is 16.4. The zero-order chi connectivity index (χ0) is 23.2. The number of halogens is 1. The number of pyridine rings is 1. The van der Waals surface area contributed by atoms with E-state index in [1.165, 1.54) is 0 Å². The molecule has 1 aromatic heterocycles. The maximum absolute atomic E-state index is 12.0. The van der Waals surface area contributed by atoms with E-state index in [-0.39, 0.29) is 11.8 Å². The second-order valence-electron chi connectivity index (χ2n) is 9.22. The molecule has 3 atom stereocenters. The summed E-state index contributed by atoms with van der Waals surface area (Å²) in [5.41, 5.74) is 9.24. The third kappa shape index (κ3) is 4.13. The highest BCUT2D eigenvalue weighted by atomic mass is 35.5. The number of nitrogens with one attached hydrogen (secondary N) is 1. The number of hydrogen-bond acceptors (Lipinski definition) is 6. The van der Waals surface area contributed by atoms with E-state index in [1.54, 1.807) is 0 Å². The first-order valence-corrected chi connectivity index (χ1v) is 11.8. The lowest BCUT2D eigenvalue weighted by Gasteiger charge is -2.48. The van der Waals surface area contributed by atoms with Crippen molar-refractivity contribution < 1.29 is 14.6 Å². The Labute approximate surface area is 198 Å². The second-order valence-corrected chi connectivity index (χ2v) is 9.61. The number of ketones is 1. The zero-order valence-electron chi connectivity index (χ0n) is 18.6. The van der Waals surface area contributed by atoms with Crippen molar-refractivity contribution in [2.75, 3.05) is 6.54 Å². The first kappa shape index (κ1) is 22.3. The molecule has 172 valence electrons. The lowest BCUT2D eigenvalue weighted by atomic mass is 9.74. The number of aryl methyl sites for hydroxylation is 1. The highest BCUT2D eigenvalue weighted by Crippen LogP contribution is 2.47. The van der Waals surface area contributed by atoms with E-state index in [0.29, 0.717) is 43.1 Å². The number of nitrogens with two attached hydrogens (primary N) is 1. The molecule has 5 rings (SSSR count). The molecule has 1 saturated carbocycles. The number of carbonyl (C=O) groups excluding carboxylic acids is 1. The Morgan fingerprint density at radius 1 is 1.24 bits per heavy atom. The van der Waals surface area contributed by atoms with Crippen molar-refractivity contribution >= 4 is 28.3 Å². The first-order valence-electron chi connectivity index (χ1n) is 11.4. The minimum absolute atomic E-state index is 0.214. The lowest BCUT2D eigenvalue weighted by molar-refractivity contribution is -0.136. The standard InChI is InChI=1S/C26H28ClN3O3/c1-15-11-23(27)30-21-12-19-22(13-18(15)21)33-26(9-7-17(31)8-10-26)25(32)24(19)29-14-20(28)16-5-3-2-4-6-16/h2-6,11-13,20,24-25,29,32H,7-10,14,28H2,1H3. The van der Waals surface area contributed by atoms with Gasteiger partial charge in [-0.1, -0.05) is 41.9 Å². The molecule has 7 heteroatoms.